The molecule has 0 spiro atoms. The summed E-state index contributed by atoms with van der Waals surface area (Å²) in [5.41, 5.74) is 1.03. The van der Waals surface area contributed by atoms with Crippen molar-refractivity contribution in [2.24, 2.45) is 5.41 Å². The number of carbonyl (C=O) groups is 1. The smallest absolute Gasteiger partial charge is 0.295 e. The third-order valence-electron chi connectivity index (χ3n) is 4.16. The van der Waals surface area contributed by atoms with Crippen molar-refractivity contribution in [3.05, 3.63) is 11.9 Å². The number of carbonyl (C=O) groups excluding carboxylic acids is 1. The number of hydrogen-bond donors (Lipinski definition) is 3. The second kappa shape index (κ2) is 8.22. The van der Waals surface area contributed by atoms with Crippen molar-refractivity contribution in [1.29, 1.82) is 0 Å². The Labute approximate surface area is 146 Å². The quantitative estimate of drug-likeness (QED) is 0.465. The van der Waals surface area contributed by atoms with Crippen LogP contribution < -0.4 is 0 Å². The molecular weight excluding hydrogens is 330 g/mol. The molecule has 1 aromatic heterocycles. The highest BCUT2D eigenvalue weighted by molar-refractivity contribution is 5.37. The molecule has 1 aromatic rings. The molecule has 0 radical (unpaired) electrons. The third-order valence-corrected chi connectivity index (χ3v) is 4.16. The van der Waals surface area contributed by atoms with E-state index in [9.17, 15) is 20.1 Å². The van der Waals surface area contributed by atoms with Crippen LogP contribution in [0.4, 0.5) is 0 Å². The van der Waals surface area contributed by atoms with Gasteiger partial charge >= 0.3 is 0 Å². The molecule has 2 rings (SSSR count). The maximum atomic E-state index is 10.5. The van der Waals surface area contributed by atoms with Gasteiger partial charge in [0.15, 0.2) is 6.23 Å². The summed E-state index contributed by atoms with van der Waals surface area (Å²) in [7, 11) is 0. The summed E-state index contributed by atoms with van der Waals surface area (Å²) in [6.07, 6.45) is -1.52. The number of aliphatic hydroxyl groups is 3. The van der Waals surface area contributed by atoms with Crippen LogP contribution in [0.3, 0.4) is 0 Å². The van der Waals surface area contributed by atoms with Gasteiger partial charge in [0.2, 0.25) is 6.29 Å². The highest BCUT2D eigenvalue weighted by Crippen LogP contribution is 2.28. The van der Waals surface area contributed by atoms with Gasteiger partial charge in [0.25, 0.3) is 6.47 Å². The van der Waals surface area contributed by atoms with Crippen molar-refractivity contribution in [2.45, 2.75) is 77.3 Å². The molecule has 1 aliphatic rings. The molecular formula is C16H27N3O6. The number of unbranched alkanes of at least 4 members (excludes halogenated alkanes) is 1. The van der Waals surface area contributed by atoms with Crippen LogP contribution in [0, 0.1) is 5.41 Å². The van der Waals surface area contributed by atoms with Crippen molar-refractivity contribution in [2.75, 3.05) is 0 Å². The van der Waals surface area contributed by atoms with Crippen LogP contribution in [0.1, 0.15) is 52.0 Å². The SMILES string of the molecule is CC(C)(C)CCCCc1cn(C2OC(OC=O)C(O)C(O)C2O)nn1. The Bertz CT molecular complexity index is 558. The molecule has 0 saturated carbocycles. The van der Waals surface area contributed by atoms with E-state index in [1.165, 1.54) is 4.68 Å². The molecule has 0 aromatic carbocycles. The lowest BCUT2D eigenvalue weighted by Crippen LogP contribution is -2.56. The Morgan fingerprint density at radius 3 is 2.60 bits per heavy atom. The van der Waals surface area contributed by atoms with Gasteiger partial charge in [0, 0.05) is 0 Å². The average Bonchev–Trinajstić information content (AvgIpc) is 3.00. The largest absolute Gasteiger partial charge is 0.435 e. The number of nitrogens with zero attached hydrogens (tertiary/aromatic N) is 3. The summed E-state index contributed by atoms with van der Waals surface area (Å²) in [5, 5.41) is 37.7. The first-order valence-corrected chi connectivity index (χ1v) is 8.42. The van der Waals surface area contributed by atoms with Gasteiger partial charge in [-0.15, -0.1) is 5.10 Å². The Hall–Kier alpha value is -1.55. The van der Waals surface area contributed by atoms with Crippen LogP contribution in [0.2, 0.25) is 0 Å². The lowest BCUT2D eigenvalue weighted by molar-refractivity contribution is -0.304. The Balaban J connectivity index is 1.96. The number of ether oxygens (including phenoxy) is 2. The lowest BCUT2D eigenvalue weighted by Gasteiger charge is -2.38. The molecule has 9 heteroatoms. The number of aliphatic hydroxyl groups excluding tert-OH is 3. The van der Waals surface area contributed by atoms with Gasteiger partial charge in [-0.05, 0) is 24.7 Å². The first kappa shape index (κ1) is 19.8. The number of hydrogen-bond acceptors (Lipinski definition) is 8. The normalized spacial score (nSPS) is 30.2. The first-order valence-electron chi connectivity index (χ1n) is 8.42. The Kier molecular flexibility index (Phi) is 6.50. The van der Waals surface area contributed by atoms with E-state index in [0.29, 0.717) is 5.41 Å². The number of aromatic nitrogens is 3. The topological polar surface area (TPSA) is 127 Å². The second-order valence-electron chi connectivity index (χ2n) is 7.56. The Morgan fingerprint density at radius 2 is 1.96 bits per heavy atom. The van der Waals surface area contributed by atoms with Crippen molar-refractivity contribution < 1.29 is 29.6 Å². The number of aryl methyl sites for hydroxylation is 1. The third kappa shape index (κ3) is 5.21. The van der Waals surface area contributed by atoms with Crippen molar-refractivity contribution >= 4 is 6.47 Å². The van der Waals surface area contributed by atoms with Gasteiger partial charge in [-0.1, -0.05) is 32.4 Å². The minimum Gasteiger partial charge on any atom is -0.435 e. The monoisotopic (exact) mass is 357 g/mol. The standard InChI is InChI=1S/C16H27N3O6/c1-16(2,3)7-5-4-6-10-8-19(18-17-10)14-12(22)11(21)13(23)15(25-14)24-9-20/h8-9,11-15,21-23H,4-7H2,1-3H3. The fraction of sp³-hybridized carbons (Fsp3) is 0.812. The minimum atomic E-state index is -1.54. The summed E-state index contributed by atoms with van der Waals surface area (Å²) >= 11 is 0. The molecule has 5 unspecified atom stereocenters. The van der Waals surface area contributed by atoms with E-state index in [-0.39, 0.29) is 6.47 Å². The highest BCUT2D eigenvalue weighted by atomic mass is 16.7. The number of rotatable bonds is 7. The zero-order chi connectivity index (χ0) is 18.6. The molecule has 9 nitrogen and oxygen atoms in total. The van der Waals surface area contributed by atoms with Gasteiger partial charge in [-0.3, -0.25) is 4.79 Å². The summed E-state index contributed by atoms with van der Waals surface area (Å²) in [6, 6.07) is 0. The molecule has 0 amide bonds. The molecule has 2 heterocycles. The van der Waals surface area contributed by atoms with E-state index < -0.39 is 30.8 Å². The zero-order valence-electron chi connectivity index (χ0n) is 14.8. The van der Waals surface area contributed by atoms with Crippen LogP contribution in [0.15, 0.2) is 6.20 Å². The fourth-order valence-electron chi connectivity index (χ4n) is 2.73. The van der Waals surface area contributed by atoms with E-state index in [4.69, 9.17) is 4.74 Å². The molecule has 1 saturated heterocycles. The predicted octanol–water partition coefficient (Wildman–Crippen LogP) is 0.148. The van der Waals surface area contributed by atoms with Crippen molar-refractivity contribution in [3.8, 4) is 0 Å². The molecule has 5 atom stereocenters. The van der Waals surface area contributed by atoms with Gasteiger partial charge < -0.3 is 24.8 Å². The maximum Gasteiger partial charge on any atom is 0.295 e. The first-order chi connectivity index (χ1) is 11.7. The van der Waals surface area contributed by atoms with Crippen molar-refractivity contribution in [1.82, 2.24) is 15.0 Å². The molecule has 142 valence electrons. The van der Waals surface area contributed by atoms with E-state index in [1.807, 2.05) is 0 Å². The molecule has 1 aliphatic heterocycles. The lowest BCUT2D eigenvalue weighted by atomic mass is 9.89. The van der Waals surface area contributed by atoms with Gasteiger partial charge in [0.05, 0.1) is 11.9 Å². The van der Waals surface area contributed by atoms with Crippen LogP contribution in [0.5, 0.6) is 0 Å². The molecule has 3 N–H and O–H groups in total. The van der Waals surface area contributed by atoms with Crippen LogP contribution in [0.25, 0.3) is 0 Å². The van der Waals surface area contributed by atoms with E-state index in [0.717, 1.165) is 31.4 Å². The summed E-state index contributed by atoms with van der Waals surface area (Å²) in [5.74, 6) is 0. The van der Waals surface area contributed by atoms with Gasteiger partial charge in [-0.2, -0.15) is 0 Å². The second-order valence-corrected chi connectivity index (χ2v) is 7.56. The van der Waals surface area contributed by atoms with Crippen LogP contribution >= 0.6 is 0 Å². The van der Waals surface area contributed by atoms with Crippen LogP contribution in [-0.2, 0) is 20.7 Å². The summed E-state index contributed by atoms with van der Waals surface area (Å²) in [4.78, 5) is 10.5. The maximum absolute atomic E-state index is 10.5. The molecule has 25 heavy (non-hydrogen) atoms. The minimum absolute atomic E-state index is 0.108. The Morgan fingerprint density at radius 1 is 1.24 bits per heavy atom. The summed E-state index contributed by atoms with van der Waals surface area (Å²) < 4.78 is 11.2. The van der Waals surface area contributed by atoms with E-state index >= 15 is 0 Å². The predicted molar refractivity (Wildman–Crippen MR) is 86.1 cm³/mol. The van der Waals surface area contributed by atoms with Gasteiger partial charge in [-0.25, -0.2) is 4.68 Å². The fourth-order valence-corrected chi connectivity index (χ4v) is 2.73. The van der Waals surface area contributed by atoms with E-state index in [2.05, 4.69) is 35.8 Å². The summed E-state index contributed by atoms with van der Waals surface area (Å²) in [6.45, 7) is 6.70. The van der Waals surface area contributed by atoms with Gasteiger partial charge in [0.1, 0.15) is 18.3 Å². The highest BCUT2D eigenvalue weighted by Gasteiger charge is 2.46. The molecule has 0 bridgehead atoms. The van der Waals surface area contributed by atoms with E-state index in [1.54, 1.807) is 6.20 Å². The molecule has 1 fully saturated rings. The molecule has 0 aliphatic carbocycles. The van der Waals surface area contributed by atoms with Crippen molar-refractivity contribution in [3.63, 3.8) is 0 Å². The van der Waals surface area contributed by atoms with Crippen LogP contribution in [-0.4, -0.2) is 61.4 Å². The zero-order valence-corrected chi connectivity index (χ0v) is 14.8. The average molecular weight is 357 g/mol.